The Kier molecular flexibility index (Phi) is 7.16. The SMILES string of the molecule is CCOc1c(Cl)cc(C(=O)N(CCOC)Cc2ccco2)cc1OC. The number of amides is 1. The maximum Gasteiger partial charge on any atom is 0.254 e. The molecule has 0 N–H and O–H groups in total. The summed E-state index contributed by atoms with van der Waals surface area (Å²) >= 11 is 6.27. The molecular formula is C18H22ClNO5. The van der Waals surface area contributed by atoms with Crippen molar-refractivity contribution in [2.24, 2.45) is 0 Å². The van der Waals surface area contributed by atoms with E-state index in [-0.39, 0.29) is 5.91 Å². The summed E-state index contributed by atoms with van der Waals surface area (Å²) in [5, 5.41) is 0.328. The van der Waals surface area contributed by atoms with Crippen molar-refractivity contribution < 1.29 is 23.4 Å². The summed E-state index contributed by atoms with van der Waals surface area (Å²) in [6.07, 6.45) is 1.57. The Morgan fingerprint density at radius 3 is 2.72 bits per heavy atom. The van der Waals surface area contributed by atoms with Crippen LogP contribution in [0.3, 0.4) is 0 Å². The van der Waals surface area contributed by atoms with Crippen LogP contribution in [0.1, 0.15) is 23.0 Å². The Labute approximate surface area is 152 Å². The molecule has 6 nitrogen and oxygen atoms in total. The van der Waals surface area contributed by atoms with E-state index in [2.05, 4.69) is 0 Å². The first kappa shape index (κ1) is 19.1. The number of methoxy groups -OCH3 is 2. The third kappa shape index (κ3) is 4.90. The van der Waals surface area contributed by atoms with Gasteiger partial charge in [-0.15, -0.1) is 0 Å². The van der Waals surface area contributed by atoms with Gasteiger partial charge >= 0.3 is 0 Å². The molecule has 0 aliphatic rings. The minimum Gasteiger partial charge on any atom is -0.493 e. The van der Waals surface area contributed by atoms with Crippen LogP contribution in [-0.2, 0) is 11.3 Å². The molecule has 1 heterocycles. The fourth-order valence-electron chi connectivity index (χ4n) is 2.35. The van der Waals surface area contributed by atoms with Crippen LogP contribution in [0.25, 0.3) is 0 Å². The van der Waals surface area contributed by atoms with Crippen LogP contribution >= 0.6 is 11.6 Å². The van der Waals surface area contributed by atoms with Gasteiger partial charge < -0.3 is 23.5 Å². The van der Waals surface area contributed by atoms with Gasteiger partial charge in [0, 0.05) is 19.2 Å². The molecule has 0 saturated carbocycles. The van der Waals surface area contributed by atoms with Crippen molar-refractivity contribution in [3.8, 4) is 11.5 Å². The van der Waals surface area contributed by atoms with Crippen molar-refractivity contribution in [3.63, 3.8) is 0 Å². The van der Waals surface area contributed by atoms with E-state index in [1.54, 1.807) is 36.5 Å². The average Bonchev–Trinajstić information content (AvgIpc) is 3.12. The number of carbonyl (C=O) groups excluding carboxylic acids is 1. The summed E-state index contributed by atoms with van der Waals surface area (Å²) in [7, 11) is 3.10. The Balaban J connectivity index is 2.29. The molecule has 0 spiro atoms. The third-order valence-electron chi connectivity index (χ3n) is 3.54. The van der Waals surface area contributed by atoms with Crippen molar-refractivity contribution >= 4 is 17.5 Å². The summed E-state index contributed by atoms with van der Waals surface area (Å²) in [4.78, 5) is 14.6. The quantitative estimate of drug-likeness (QED) is 0.677. The van der Waals surface area contributed by atoms with Crippen LogP contribution in [0.5, 0.6) is 11.5 Å². The van der Waals surface area contributed by atoms with E-state index in [4.69, 9.17) is 30.2 Å². The molecule has 0 aliphatic heterocycles. The Hall–Kier alpha value is -2.18. The second-order valence-corrected chi connectivity index (χ2v) is 5.63. The molecule has 0 radical (unpaired) electrons. The van der Waals surface area contributed by atoms with E-state index >= 15 is 0 Å². The maximum absolute atomic E-state index is 12.9. The molecule has 2 rings (SSSR count). The number of benzene rings is 1. The van der Waals surface area contributed by atoms with E-state index in [0.29, 0.717) is 54.1 Å². The average molecular weight is 368 g/mol. The third-order valence-corrected chi connectivity index (χ3v) is 3.83. The molecule has 0 unspecified atom stereocenters. The second kappa shape index (κ2) is 9.34. The predicted molar refractivity (Wildman–Crippen MR) is 94.5 cm³/mol. The highest BCUT2D eigenvalue weighted by Gasteiger charge is 2.21. The minimum absolute atomic E-state index is 0.198. The lowest BCUT2D eigenvalue weighted by Gasteiger charge is -2.22. The maximum atomic E-state index is 12.9. The number of ether oxygens (including phenoxy) is 3. The predicted octanol–water partition coefficient (Wildman–Crippen LogP) is 3.63. The Bertz CT molecular complexity index is 687. The second-order valence-electron chi connectivity index (χ2n) is 5.22. The summed E-state index contributed by atoms with van der Waals surface area (Å²) in [6.45, 7) is 3.46. The molecule has 0 aliphatic carbocycles. The number of hydrogen-bond acceptors (Lipinski definition) is 5. The zero-order chi connectivity index (χ0) is 18.2. The molecule has 0 saturated heterocycles. The smallest absolute Gasteiger partial charge is 0.254 e. The number of hydrogen-bond donors (Lipinski definition) is 0. The lowest BCUT2D eigenvalue weighted by molar-refractivity contribution is 0.0666. The molecule has 1 aromatic heterocycles. The number of rotatable bonds is 9. The molecule has 0 fully saturated rings. The lowest BCUT2D eigenvalue weighted by Crippen LogP contribution is -2.33. The van der Waals surface area contributed by atoms with Crippen molar-refractivity contribution in [1.82, 2.24) is 4.90 Å². The summed E-state index contributed by atoms with van der Waals surface area (Å²) in [5.74, 6) is 1.34. The van der Waals surface area contributed by atoms with Crippen LogP contribution < -0.4 is 9.47 Å². The summed E-state index contributed by atoms with van der Waals surface area (Å²) < 4.78 is 21.2. The molecule has 2 aromatic rings. The fraction of sp³-hybridized carbons (Fsp3) is 0.389. The number of furan rings is 1. The first-order chi connectivity index (χ1) is 12.1. The Morgan fingerprint density at radius 1 is 1.32 bits per heavy atom. The van der Waals surface area contributed by atoms with Crippen LogP contribution in [0.15, 0.2) is 34.9 Å². The molecule has 7 heteroatoms. The van der Waals surface area contributed by atoms with Gasteiger partial charge in [0.1, 0.15) is 5.76 Å². The van der Waals surface area contributed by atoms with E-state index in [0.717, 1.165) is 0 Å². The highest BCUT2D eigenvalue weighted by Crippen LogP contribution is 2.36. The number of carbonyl (C=O) groups is 1. The van der Waals surface area contributed by atoms with Gasteiger partial charge in [-0.2, -0.15) is 0 Å². The van der Waals surface area contributed by atoms with Gasteiger partial charge in [-0.1, -0.05) is 11.6 Å². The molecule has 1 amide bonds. The zero-order valence-corrected chi connectivity index (χ0v) is 15.3. The van der Waals surface area contributed by atoms with Crippen LogP contribution in [0.4, 0.5) is 0 Å². The molecule has 1 aromatic carbocycles. The van der Waals surface area contributed by atoms with Crippen molar-refractivity contribution in [3.05, 3.63) is 46.9 Å². The largest absolute Gasteiger partial charge is 0.493 e. The summed E-state index contributed by atoms with van der Waals surface area (Å²) in [5.41, 5.74) is 0.410. The van der Waals surface area contributed by atoms with Gasteiger partial charge in [0.25, 0.3) is 5.91 Å². The molecule has 136 valence electrons. The van der Waals surface area contributed by atoms with Crippen molar-refractivity contribution in [2.75, 3.05) is 34.0 Å². The molecular weight excluding hydrogens is 346 g/mol. The first-order valence-electron chi connectivity index (χ1n) is 7.91. The van der Waals surface area contributed by atoms with Gasteiger partial charge in [0.05, 0.1) is 38.2 Å². The van der Waals surface area contributed by atoms with E-state index in [1.165, 1.54) is 7.11 Å². The highest BCUT2D eigenvalue weighted by molar-refractivity contribution is 6.32. The van der Waals surface area contributed by atoms with Crippen LogP contribution in [-0.4, -0.2) is 44.8 Å². The highest BCUT2D eigenvalue weighted by atomic mass is 35.5. The van der Waals surface area contributed by atoms with Gasteiger partial charge in [0.15, 0.2) is 11.5 Å². The number of nitrogens with zero attached hydrogens (tertiary/aromatic N) is 1. The standard InChI is InChI=1S/C18H22ClNO5/c1-4-24-17-15(19)10-13(11-16(17)23-3)18(21)20(7-9-22-2)12-14-6-5-8-25-14/h5-6,8,10-11H,4,7,9,12H2,1-3H3. The van der Waals surface area contributed by atoms with Gasteiger partial charge in [-0.3, -0.25) is 4.79 Å². The normalized spacial score (nSPS) is 10.6. The first-order valence-corrected chi connectivity index (χ1v) is 8.29. The topological polar surface area (TPSA) is 61.1 Å². The van der Waals surface area contributed by atoms with E-state index in [9.17, 15) is 4.79 Å². The van der Waals surface area contributed by atoms with Gasteiger partial charge in [0.2, 0.25) is 0 Å². The number of halogens is 1. The van der Waals surface area contributed by atoms with Gasteiger partial charge in [-0.05, 0) is 31.2 Å². The zero-order valence-electron chi connectivity index (χ0n) is 14.6. The Morgan fingerprint density at radius 2 is 2.12 bits per heavy atom. The van der Waals surface area contributed by atoms with Crippen LogP contribution in [0.2, 0.25) is 5.02 Å². The van der Waals surface area contributed by atoms with Gasteiger partial charge in [-0.25, -0.2) is 0 Å². The van der Waals surface area contributed by atoms with Crippen LogP contribution in [0, 0.1) is 0 Å². The van der Waals surface area contributed by atoms with E-state index in [1.807, 2.05) is 13.0 Å². The van der Waals surface area contributed by atoms with E-state index < -0.39 is 0 Å². The van der Waals surface area contributed by atoms with Crippen molar-refractivity contribution in [2.45, 2.75) is 13.5 Å². The molecule has 25 heavy (non-hydrogen) atoms. The fourth-order valence-corrected chi connectivity index (χ4v) is 2.62. The molecule has 0 atom stereocenters. The molecule has 0 bridgehead atoms. The monoisotopic (exact) mass is 367 g/mol. The lowest BCUT2D eigenvalue weighted by atomic mass is 10.1. The van der Waals surface area contributed by atoms with Crippen molar-refractivity contribution in [1.29, 1.82) is 0 Å². The summed E-state index contributed by atoms with van der Waals surface area (Å²) in [6, 6.07) is 6.81. The minimum atomic E-state index is -0.198.